The maximum absolute atomic E-state index is 6.33. The topological polar surface area (TPSA) is 35.6 Å². The van der Waals surface area contributed by atoms with Crippen LogP contribution in [0.5, 0.6) is 0 Å². The van der Waals surface area contributed by atoms with E-state index < -0.39 is 0 Å². The fourth-order valence-corrected chi connectivity index (χ4v) is 4.05. The molecule has 0 radical (unpaired) electrons. The lowest BCUT2D eigenvalue weighted by atomic mass is 10.2. The molecule has 0 unspecified atom stereocenters. The predicted molar refractivity (Wildman–Crippen MR) is 118 cm³/mol. The van der Waals surface area contributed by atoms with Crippen molar-refractivity contribution in [2.45, 2.75) is 19.5 Å². The van der Waals surface area contributed by atoms with Crippen LogP contribution in [0.25, 0.3) is 0 Å². The first kappa shape index (κ1) is 20.3. The number of hydrogen-bond donors (Lipinski definition) is 0. The molecule has 4 nitrogen and oxygen atoms in total. The molecule has 0 fully saturated rings. The summed E-state index contributed by atoms with van der Waals surface area (Å²) in [6, 6.07) is 11.0. The summed E-state index contributed by atoms with van der Waals surface area (Å²) in [7, 11) is 0. The van der Waals surface area contributed by atoms with Crippen LogP contribution in [0.15, 0.2) is 61.2 Å². The molecule has 0 aliphatic carbocycles. The number of hydrogen-bond acceptors (Lipinski definition) is 2. The minimum Gasteiger partial charge on any atom is -0.330 e. The Kier molecular flexibility index (Phi) is 6.16. The van der Waals surface area contributed by atoms with E-state index in [1.165, 1.54) is 0 Å². The first-order valence-electron chi connectivity index (χ1n) is 8.87. The van der Waals surface area contributed by atoms with Crippen molar-refractivity contribution in [3.8, 4) is 0 Å². The molecule has 0 saturated heterocycles. The van der Waals surface area contributed by atoms with Gasteiger partial charge in [-0.2, -0.15) is 0 Å². The molecule has 0 bridgehead atoms. The second kappa shape index (κ2) is 8.80. The summed E-state index contributed by atoms with van der Waals surface area (Å²) in [4.78, 5) is 9.02. The lowest BCUT2D eigenvalue weighted by Crippen LogP contribution is -2.10. The van der Waals surface area contributed by atoms with E-state index in [9.17, 15) is 0 Å². The second-order valence-electron chi connectivity index (χ2n) is 6.59. The van der Waals surface area contributed by atoms with Gasteiger partial charge in [0.05, 0.1) is 19.5 Å². The Morgan fingerprint density at radius 3 is 1.52 bits per heavy atom. The van der Waals surface area contributed by atoms with Gasteiger partial charge in [0.2, 0.25) is 0 Å². The van der Waals surface area contributed by atoms with E-state index in [4.69, 9.17) is 46.4 Å². The van der Waals surface area contributed by atoms with Gasteiger partial charge in [0.25, 0.3) is 0 Å². The molecule has 0 aliphatic heterocycles. The lowest BCUT2D eigenvalue weighted by Gasteiger charge is -2.12. The van der Waals surface area contributed by atoms with Crippen molar-refractivity contribution < 1.29 is 0 Å². The van der Waals surface area contributed by atoms with Crippen LogP contribution in [0.4, 0.5) is 0 Å². The summed E-state index contributed by atoms with van der Waals surface area (Å²) in [5.74, 6) is 1.79. The highest BCUT2D eigenvalue weighted by atomic mass is 35.5. The zero-order chi connectivity index (χ0) is 20.4. The first-order valence-corrected chi connectivity index (χ1v) is 10.4. The van der Waals surface area contributed by atoms with Crippen molar-refractivity contribution in [1.82, 2.24) is 19.1 Å². The highest BCUT2D eigenvalue weighted by molar-refractivity contribution is 6.35. The average Bonchev–Trinajstić information content (AvgIpc) is 3.30. The fourth-order valence-electron chi connectivity index (χ4n) is 3.11. The highest BCUT2D eigenvalue weighted by Crippen LogP contribution is 2.24. The van der Waals surface area contributed by atoms with Gasteiger partial charge < -0.3 is 9.13 Å². The third-order valence-corrected chi connectivity index (χ3v) is 5.81. The lowest BCUT2D eigenvalue weighted by molar-refractivity contribution is 0.689. The van der Waals surface area contributed by atoms with Crippen LogP contribution in [0, 0.1) is 0 Å². The van der Waals surface area contributed by atoms with Gasteiger partial charge in [-0.1, -0.05) is 58.5 Å². The molecule has 0 saturated carbocycles. The van der Waals surface area contributed by atoms with Crippen LogP contribution in [-0.2, 0) is 19.5 Å². The largest absolute Gasteiger partial charge is 0.330 e. The summed E-state index contributed by atoms with van der Waals surface area (Å²) in [6.07, 6.45) is 8.01. The van der Waals surface area contributed by atoms with Crippen molar-refractivity contribution in [1.29, 1.82) is 0 Å². The van der Waals surface area contributed by atoms with Crippen LogP contribution in [-0.4, -0.2) is 19.1 Å². The van der Waals surface area contributed by atoms with E-state index in [-0.39, 0.29) is 0 Å². The number of nitrogens with zero attached hydrogens (tertiary/aromatic N) is 4. The van der Waals surface area contributed by atoms with E-state index in [0.29, 0.717) is 39.6 Å². The minimum atomic E-state index is 0.580. The molecule has 4 rings (SSSR count). The Bertz CT molecular complexity index is 1060. The third-order valence-electron chi connectivity index (χ3n) is 4.63. The Hall–Kier alpha value is -1.98. The zero-order valence-corrected chi connectivity index (χ0v) is 18.2. The van der Waals surface area contributed by atoms with Gasteiger partial charge in [0, 0.05) is 44.9 Å². The molecular formula is C21H16Cl4N4. The molecule has 148 valence electrons. The average molecular weight is 466 g/mol. The summed E-state index contributed by atoms with van der Waals surface area (Å²) in [6.45, 7) is 1.21. The zero-order valence-electron chi connectivity index (χ0n) is 15.2. The normalized spacial score (nSPS) is 11.2. The van der Waals surface area contributed by atoms with Crippen LogP contribution in [0.1, 0.15) is 22.8 Å². The first-order chi connectivity index (χ1) is 14.0. The van der Waals surface area contributed by atoms with Crippen molar-refractivity contribution in [3.05, 3.63) is 104 Å². The predicted octanol–water partition coefficient (Wildman–Crippen LogP) is 6.38. The van der Waals surface area contributed by atoms with E-state index in [0.717, 1.165) is 22.8 Å². The van der Waals surface area contributed by atoms with Gasteiger partial charge in [-0.3, -0.25) is 0 Å². The maximum atomic E-state index is 6.33. The van der Waals surface area contributed by atoms with Gasteiger partial charge in [0.15, 0.2) is 0 Å². The molecule has 29 heavy (non-hydrogen) atoms. The molecule has 2 aromatic heterocycles. The number of halogens is 4. The standard InChI is InChI=1S/C21H16Cl4N4/c22-16-3-1-14(18(24)9-16)12-28-7-5-26-20(28)11-21-27-6-8-29(21)13-15-2-4-17(23)10-19(15)25/h1-10H,11-13H2. The Labute approximate surface area is 188 Å². The van der Waals surface area contributed by atoms with Crippen LogP contribution < -0.4 is 0 Å². The fraction of sp³-hybridized carbons (Fsp3) is 0.143. The molecule has 2 aromatic carbocycles. The molecule has 0 amide bonds. The van der Waals surface area contributed by atoms with E-state index in [2.05, 4.69) is 19.1 Å². The molecule has 8 heteroatoms. The molecule has 4 aromatic rings. The summed E-state index contributed by atoms with van der Waals surface area (Å²) < 4.78 is 4.12. The number of aromatic nitrogens is 4. The Morgan fingerprint density at radius 1 is 0.655 bits per heavy atom. The highest BCUT2D eigenvalue weighted by Gasteiger charge is 2.12. The molecule has 0 atom stereocenters. The van der Waals surface area contributed by atoms with Gasteiger partial charge in [-0.05, 0) is 35.4 Å². The number of benzene rings is 2. The molecule has 0 N–H and O–H groups in total. The van der Waals surface area contributed by atoms with E-state index >= 15 is 0 Å². The SMILES string of the molecule is Clc1ccc(Cn2ccnc2Cc2nccn2Cc2ccc(Cl)cc2Cl)c(Cl)c1. The quantitative estimate of drug-likeness (QED) is 0.331. The van der Waals surface area contributed by atoms with Gasteiger partial charge in [0.1, 0.15) is 11.6 Å². The van der Waals surface area contributed by atoms with E-state index in [1.54, 1.807) is 24.5 Å². The van der Waals surface area contributed by atoms with Gasteiger partial charge >= 0.3 is 0 Å². The molecular weight excluding hydrogens is 450 g/mol. The molecule has 2 heterocycles. The maximum Gasteiger partial charge on any atom is 0.116 e. The molecule has 0 spiro atoms. The number of imidazole rings is 2. The monoisotopic (exact) mass is 464 g/mol. The Balaban J connectivity index is 1.54. The number of rotatable bonds is 6. The van der Waals surface area contributed by atoms with Crippen molar-refractivity contribution in [3.63, 3.8) is 0 Å². The Morgan fingerprint density at radius 2 is 1.10 bits per heavy atom. The summed E-state index contributed by atoms with van der Waals surface area (Å²) >= 11 is 24.6. The second-order valence-corrected chi connectivity index (χ2v) is 8.28. The minimum absolute atomic E-state index is 0.580. The van der Waals surface area contributed by atoms with E-state index in [1.807, 2.05) is 36.7 Å². The van der Waals surface area contributed by atoms with Gasteiger partial charge in [-0.25, -0.2) is 9.97 Å². The van der Waals surface area contributed by atoms with Crippen molar-refractivity contribution in [2.24, 2.45) is 0 Å². The molecule has 0 aliphatic rings. The summed E-state index contributed by atoms with van der Waals surface area (Å²) in [5, 5.41) is 2.51. The summed E-state index contributed by atoms with van der Waals surface area (Å²) in [5.41, 5.74) is 1.96. The smallest absolute Gasteiger partial charge is 0.116 e. The van der Waals surface area contributed by atoms with Crippen molar-refractivity contribution in [2.75, 3.05) is 0 Å². The van der Waals surface area contributed by atoms with Crippen LogP contribution in [0.3, 0.4) is 0 Å². The van der Waals surface area contributed by atoms with Crippen molar-refractivity contribution >= 4 is 46.4 Å². The van der Waals surface area contributed by atoms with Crippen LogP contribution >= 0.6 is 46.4 Å². The third kappa shape index (κ3) is 4.78. The van der Waals surface area contributed by atoms with Gasteiger partial charge in [-0.15, -0.1) is 0 Å². The van der Waals surface area contributed by atoms with Crippen LogP contribution in [0.2, 0.25) is 20.1 Å².